The van der Waals surface area contributed by atoms with Gasteiger partial charge in [0.25, 0.3) is 0 Å². The summed E-state index contributed by atoms with van der Waals surface area (Å²) in [6.07, 6.45) is 1.78. The van der Waals surface area contributed by atoms with E-state index < -0.39 is 17.0 Å². The second-order valence-electron chi connectivity index (χ2n) is 2.98. The maximum absolute atomic E-state index is 10.7. The van der Waals surface area contributed by atoms with Crippen molar-refractivity contribution in [1.82, 2.24) is 0 Å². The van der Waals surface area contributed by atoms with E-state index in [9.17, 15) is 9.59 Å². The van der Waals surface area contributed by atoms with E-state index in [0.717, 1.165) is 6.42 Å². The largest absolute Gasteiger partial charge is 0.478 e. The third-order valence-electron chi connectivity index (χ3n) is 1.77. The van der Waals surface area contributed by atoms with E-state index >= 15 is 0 Å². The standard InChI is InChI=1S/C8H13ClO4/c1-3-4-5-8(2,6(10)11)13-7(9)12/h3-5H2,1-2H3,(H,10,11). The van der Waals surface area contributed by atoms with Crippen LogP contribution in [0.15, 0.2) is 0 Å². The predicted molar refractivity (Wildman–Crippen MR) is 47.9 cm³/mol. The highest BCUT2D eigenvalue weighted by Gasteiger charge is 2.36. The van der Waals surface area contributed by atoms with Crippen molar-refractivity contribution < 1.29 is 19.4 Å². The third-order valence-corrected chi connectivity index (χ3v) is 1.84. The lowest BCUT2D eigenvalue weighted by Crippen LogP contribution is -2.39. The van der Waals surface area contributed by atoms with Crippen LogP contribution in [0.3, 0.4) is 0 Å². The lowest BCUT2D eigenvalue weighted by atomic mass is 9.99. The minimum Gasteiger partial charge on any atom is -0.478 e. The number of hydrogen-bond acceptors (Lipinski definition) is 3. The molecule has 0 spiro atoms. The summed E-state index contributed by atoms with van der Waals surface area (Å²) in [6, 6.07) is 0. The Kier molecular flexibility index (Phi) is 4.77. The number of carboxylic acid groups (broad SMARTS) is 1. The van der Waals surface area contributed by atoms with Crippen LogP contribution < -0.4 is 0 Å². The quantitative estimate of drug-likeness (QED) is 0.705. The van der Waals surface area contributed by atoms with Crippen molar-refractivity contribution in [2.45, 2.75) is 38.7 Å². The SMILES string of the molecule is CCCCC(C)(OC(=O)Cl)C(=O)O. The lowest BCUT2D eigenvalue weighted by Gasteiger charge is -2.23. The Bertz CT molecular complexity index is 204. The Labute approximate surface area is 81.8 Å². The Morgan fingerprint density at radius 1 is 1.54 bits per heavy atom. The third kappa shape index (κ3) is 4.12. The van der Waals surface area contributed by atoms with Gasteiger partial charge in [0.1, 0.15) is 0 Å². The highest BCUT2D eigenvalue weighted by atomic mass is 35.5. The molecule has 0 amide bonds. The fourth-order valence-corrected chi connectivity index (χ4v) is 1.06. The summed E-state index contributed by atoms with van der Waals surface area (Å²) < 4.78 is 4.53. The van der Waals surface area contributed by atoms with Gasteiger partial charge in [0, 0.05) is 11.6 Å². The number of unbranched alkanes of at least 4 members (excludes halogenated alkanes) is 1. The van der Waals surface area contributed by atoms with Crippen LogP contribution in [0.4, 0.5) is 4.79 Å². The van der Waals surface area contributed by atoms with Crippen molar-refractivity contribution in [3.05, 3.63) is 0 Å². The zero-order chi connectivity index (χ0) is 10.5. The molecule has 0 saturated heterocycles. The predicted octanol–water partition coefficient (Wildman–Crippen LogP) is 2.40. The van der Waals surface area contributed by atoms with Crippen LogP contribution in [0.2, 0.25) is 0 Å². The molecule has 5 heteroatoms. The second kappa shape index (κ2) is 5.07. The number of ether oxygens (including phenoxy) is 1. The van der Waals surface area contributed by atoms with Gasteiger partial charge in [-0.25, -0.2) is 9.59 Å². The fraction of sp³-hybridized carbons (Fsp3) is 0.750. The Hall–Kier alpha value is -0.770. The summed E-state index contributed by atoms with van der Waals surface area (Å²) in [5.74, 6) is -1.17. The Morgan fingerprint density at radius 2 is 2.08 bits per heavy atom. The number of aliphatic carboxylic acids is 1. The normalized spacial score (nSPS) is 14.7. The molecule has 76 valence electrons. The number of carbonyl (C=O) groups is 2. The smallest absolute Gasteiger partial charge is 0.404 e. The van der Waals surface area contributed by atoms with Gasteiger partial charge in [-0.1, -0.05) is 13.3 Å². The molecular weight excluding hydrogens is 196 g/mol. The van der Waals surface area contributed by atoms with E-state index in [4.69, 9.17) is 16.7 Å². The number of halogens is 1. The Balaban J connectivity index is 4.34. The maximum Gasteiger partial charge on any atom is 0.404 e. The molecule has 0 aliphatic carbocycles. The van der Waals surface area contributed by atoms with Crippen LogP contribution in [0.25, 0.3) is 0 Å². The molecule has 1 unspecified atom stereocenters. The van der Waals surface area contributed by atoms with Gasteiger partial charge in [0.15, 0.2) is 0 Å². The van der Waals surface area contributed by atoms with Gasteiger partial charge in [-0.15, -0.1) is 0 Å². The summed E-state index contributed by atoms with van der Waals surface area (Å²) in [4.78, 5) is 21.1. The molecule has 1 atom stereocenters. The van der Waals surface area contributed by atoms with Gasteiger partial charge in [-0.3, -0.25) is 0 Å². The topological polar surface area (TPSA) is 63.6 Å². The zero-order valence-electron chi connectivity index (χ0n) is 7.67. The first kappa shape index (κ1) is 12.2. The zero-order valence-corrected chi connectivity index (χ0v) is 8.43. The molecule has 0 bridgehead atoms. The monoisotopic (exact) mass is 208 g/mol. The van der Waals surface area contributed by atoms with Crippen molar-refractivity contribution in [3.8, 4) is 0 Å². The van der Waals surface area contributed by atoms with Crippen molar-refractivity contribution in [1.29, 1.82) is 0 Å². The number of rotatable bonds is 5. The van der Waals surface area contributed by atoms with Crippen LogP contribution in [0.5, 0.6) is 0 Å². The summed E-state index contributed by atoms with van der Waals surface area (Å²) in [5.41, 5.74) is -2.57. The van der Waals surface area contributed by atoms with Crippen LogP contribution >= 0.6 is 11.6 Å². The van der Waals surface area contributed by atoms with E-state index in [1.807, 2.05) is 6.92 Å². The van der Waals surface area contributed by atoms with E-state index in [-0.39, 0.29) is 6.42 Å². The van der Waals surface area contributed by atoms with Gasteiger partial charge in [-0.2, -0.15) is 0 Å². The number of carboxylic acids is 1. The van der Waals surface area contributed by atoms with Crippen LogP contribution in [-0.4, -0.2) is 22.1 Å². The van der Waals surface area contributed by atoms with Crippen molar-refractivity contribution >= 4 is 23.0 Å². The maximum atomic E-state index is 10.7. The van der Waals surface area contributed by atoms with Crippen LogP contribution in [0, 0.1) is 0 Å². The molecule has 0 aromatic carbocycles. The lowest BCUT2D eigenvalue weighted by molar-refractivity contribution is -0.156. The molecule has 1 N–H and O–H groups in total. The molecule has 4 nitrogen and oxygen atoms in total. The van der Waals surface area contributed by atoms with Gasteiger partial charge in [0.05, 0.1) is 0 Å². The van der Waals surface area contributed by atoms with E-state index in [1.165, 1.54) is 6.92 Å². The molecule has 13 heavy (non-hydrogen) atoms. The van der Waals surface area contributed by atoms with Gasteiger partial charge < -0.3 is 9.84 Å². The summed E-state index contributed by atoms with van der Waals surface area (Å²) in [7, 11) is 0. The highest BCUT2D eigenvalue weighted by molar-refractivity contribution is 6.61. The molecule has 0 rings (SSSR count). The minimum atomic E-state index is -1.49. The molecule has 0 aliphatic rings. The van der Waals surface area contributed by atoms with Gasteiger partial charge in [0.2, 0.25) is 5.60 Å². The highest BCUT2D eigenvalue weighted by Crippen LogP contribution is 2.20. The van der Waals surface area contributed by atoms with Crippen LogP contribution in [0.1, 0.15) is 33.1 Å². The molecule has 0 fully saturated rings. The van der Waals surface area contributed by atoms with E-state index in [1.54, 1.807) is 0 Å². The number of hydrogen-bond donors (Lipinski definition) is 1. The molecule has 0 aromatic heterocycles. The van der Waals surface area contributed by atoms with Crippen molar-refractivity contribution in [2.24, 2.45) is 0 Å². The first-order valence-corrected chi connectivity index (χ1v) is 4.42. The van der Waals surface area contributed by atoms with Gasteiger partial charge in [-0.05, 0) is 19.8 Å². The molecule has 0 heterocycles. The van der Waals surface area contributed by atoms with E-state index in [0.29, 0.717) is 6.42 Å². The molecule has 0 aliphatic heterocycles. The van der Waals surface area contributed by atoms with Gasteiger partial charge >= 0.3 is 11.4 Å². The molecule has 0 radical (unpaired) electrons. The first-order valence-electron chi connectivity index (χ1n) is 4.04. The summed E-state index contributed by atoms with van der Waals surface area (Å²) in [5, 5.41) is 8.77. The first-order chi connectivity index (χ1) is 5.92. The molecular formula is C8H13ClO4. The number of carbonyl (C=O) groups excluding carboxylic acids is 1. The van der Waals surface area contributed by atoms with E-state index in [2.05, 4.69) is 4.74 Å². The average Bonchev–Trinajstić information content (AvgIpc) is 1.99. The average molecular weight is 209 g/mol. The van der Waals surface area contributed by atoms with Crippen molar-refractivity contribution in [3.63, 3.8) is 0 Å². The summed E-state index contributed by atoms with van der Waals surface area (Å²) >= 11 is 4.96. The minimum absolute atomic E-state index is 0.275. The fourth-order valence-electron chi connectivity index (χ4n) is 0.893. The van der Waals surface area contributed by atoms with Crippen LogP contribution in [-0.2, 0) is 9.53 Å². The molecule has 0 saturated carbocycles. The van der Waals surface area contributed by atoms with Crippen molar-refractivity contribution in [2.75, 3.05) is 0 Å². The Morgan fingerprint density at radius 3 is 2.38 bits per heavy atom. The molecule has 0 aromatic rings. The second-order valence-corrected chi connectivity index (χ2v) is 3.29. The summed E-state index contributed by atoms with van der Waals surface area (Å²) in [6.45, 7) is 3.26.